The number of rotatable bonds is 2. The number of nitrogens with two attached hydrogens (primary N) is 1. The van der Waals surface area contributed by atoms with Crippen molar-refractivity contribution in [1.82, 2.24) is 14.9 Å². The second-order valence-electron chi connectivity index (χ2n) is 5.34. The normalized spacial score (nSPS) is 15.0. The van der Waals surface area contributed by atoms with Gasteiger partial charge in [0.15, 0.2) is 5.82 Å². The second kappa shape index (κ2) is 6.01. The van der Waals surface area contributed by atoms with Crippen molar-refractivity contribution >= 4 is 17.4 Å². The van der Waals surface area contributed by atoms with Gasteiger partial charge in [-0.15, -0.1) is 0 Å². The van der Waals surface area contributed by atoms with Gasteiger partial charge in [0.2, 0.25) is 5.91 Å². The highest BCUT2D eigenvalue weighted by Crippen LogP contribution is 2.27. The summed E-state index contributed by atoms with van der Waals surface area (Å²) in [5, 5.41) is 0. The van der Waals surface area contributed by atoms with Crippen LogP contribution in [0.2, 0.25) is 0 Å². The number of anilines is 2. The molecule has 6 heteroatoms. The molecule has 1 fully saturated rings. The Morgan fingerprint density at radius 2 is 1.68 bits per heavy atom. The van der Waals surface area contributed by atoms with Crippen LogP contribution in [-0.4, -0.2) is 47.0 Å². The van der Waals surface area contributed by atoms with E-state index in [0.29, 0.717) is 13.1 Å². The summed E-state index contributed by atoms with van der Waals surface area (Å²) in [6, 6.07) is 7.63. The summed E-state index contributed by atoms with van der Waals surface area (Å²) < 4.78 is 0. The van der Waals surface area contributed by atoms with E-state index in [1.54, 1.807) is 19.3 Å². The molecule has 0 bridgehead atoms. The van der Waals surface area contributed by atoms with Gasteiger partial charge in [0.1, 0.15) is 5.69 Å². The number of hydrogen-bond acceptors (Lipinski definition) is 5. The zero-order chi connectivity index (χ0) is 15.5. The average Bonchev–Trinajstić information content (AvgIpc) is 2.56. The summed E-state index contributed by atoms with van der Waals surface area (Å²) in [7, 11) is 0. The Balaban J connectivity index is 1.86. The molecule has 114 valence electrons. The van der Waals surface area contributed by atoms with Crippen LogP contribution in [0.3, 0.4) is 0 Å². The number of amides is 1. The lowest BCUT2D eigenvalue weighted by Gasteiger charge is -2.35. The van der Waals surface area contributed by atoms with Crippen LogP contribution in [-0.2, 0) is 4.79 Å². The lowest BCUT2D eigenvalue weighted by molar-refractivity contribution is -0.129. The minimum absolute atomic E-state index is 0.123. The Bertz CT molecular complexity index is 662. The minimum Gasteiger partial charge on any atom is -0.399 e. The summed E-state index contributed by atoms with van der Waals surface area (Å²) >= 11 is 0. The quantitative estimate of drug-likeness (QED) is 0.848. The van der Waals surface area contributed by atoms with Crippen LogP contribution in [0.15, 0.2) is 36.7 Å². The molecule has 0 unspecified atom stereocenters. The van der Waals surface area contributed by atoms with E-state index >= 15 is 0 Å². The van der Waals surface area contributed by atoms with Crippen LogP contribution in [0.25, 0.3) is 11.3 Å². The van der Waals surface area contributed by atoms with E-state index in [-0.39, 0.29) is 5.91 Å². The first kappa shape index (κ1) is 14.3. The molecule has 0 aliphatic carbocycles. The number of carbonyl (C=O) groups is 1. The first-order chi connectivity index (χ1) is 10.6. The Hall–Kier alpha value is -2.63. The Kier molecular flexibility index (Phi) is 3.91. The fourth-order valence-electron chi connectivity index (χ4n) is 2.64. The van der Waals surface area contributed by atoms with Crippen LogP contribution < -0.4 is 10.6 Å². The predicted octanol–water partition coefficient (Wildman–Crippen LogP) is 1.39. The maximum atomic E-state index is 11.4. The first-order valence-corrected chi connectivity index (χ1v) is 7.32. The molecule has 1 amide bonds. The van der Waals surface area contributed by atoms with Crippen LogP contribution in [0.1, 0.15) is 6.92 Å². The van der Waals surface area contributed by atoms with Gasteiger partial charge < -0.3 is 15.5 Å². The second-order valence-corrected chi connectivity index (χ2v) is 5.34. The third-order valence-corrected chi connectivity index (χ3v) is 3.89. The van der Waals surface area contributed by atoms with Crippen molar-refractivity contribution in [2.24, 2.45) is 0 Å². The van der Waals surface area contributed by atoms with Gasteiger partial charge >= 0.3 is 0 Å². The van der Waals surface area contributed by atoms with Gasteiger partial charge in [-0.1, -0.05) is 12.1 Å². The van der Waals surface area contributed by atoms with Crippen molar-refractivity contribution in [1.29, 1.82) is 0 Å². The number of piperazine rings is 1. The van der Waals surface area contributed by atoms with E-state index in [9.17, 15) is 4.79 Å². The molecule has 2 aromatic rings. The van der Waals surface area contributed by atoms with Crippen molar-refractivity contribution in [2.75, 3.05) is 36.8 Å². The Labute approximate surface area is 129 Å². The highest BCUT2D eigenvalue weighted by Gasteiger charge is 2.22. The molecule has 2 heterocycles. The fraction of sp³-hybridized carbons (Fsp3) is 0.312. The fourth-order valence-corrected chi connectivity index (χ4v) is 2.64. The maximum absolute atomic E-state index is 11.4. The highest BCUT2D eigenvalue weighted by atomic mass is 16.2. The van der Waals surface area contributed by atoms with Crippen molar-refractivity contribution in [2.45, 2.75) is 6.92 Å². The minimum atomic E-state index is 0.123. The van der Waals surface area contributed by atoms with E-state index < -0.39 is 0 Å². The predicted molar refractivity (Wildman–Crippen MR) is 86.3 cm³/mol. The standard InChI is InChI=1S/C16H19N5O/c1-12(22)20-8-10-21(11-9-20)16-15(18-6-7-19-16)13-2-4-14(17)5-3-13/h2-7H,8-11,17H2,1H3. The molecule has 0 saturated carbocycles. The van der Waals surface area contributed by atoms with Gasteiger partial charge in [0.05, 0.1) is 0 Å². The van der Waals surface area contributed by atoms with Crippen molar-refractivity contribution < 1.29 is 4.79 Å². The zero-order valence-corrected chi connectivity index (χ0v) is 12.6. The molecule has 1 aromatic carbocycles. The monoisotopic (exact) mass is 297 g/mol. The van der Waals surface area contributed by atoms with Gasteiger partial charge in [-0.25, -0.2) is 4.98 Å². The van der Waals surface area contributed by atoms with Gasteiger partial charge in [-0.3, -0.25) is 9.78 Å². The van der Waals surface area contributed by atoms with Crippen LogP contribution in [0.5, 0.6) is 0 Å². The summed E-state index contributed by atoms with van der Waals surface area (Å²) in [6.45, 7) is 4.57. The van der Waals surface area contributed by atoms with Gasteiger partial charge in [-0.05, 0) is 12.1 Å². The molecule has 1 aliphatic rings. The van der Waals surface area contributed by atoms with Gasteiger partial charge in [0, 0.05) is 56.7 Å². The molecule has 3 rings (SSSR count). The summed E-state index contributed by atoms with van der Waals surface area (Å²) in [6.07, 6.45) is 3.40. The van der Waals surface area contributed by atoms with Crippen molar-refractivity contribution in [3.63, 3.8) is 0 Å². The van der Waals surface area contributed by atoms with Gasteiger partial charge in [0.25, 0.3) is 0 Å². The third-order valence-electron chi connectivity index (χ3n) is 3.89. The molecule has 22 heavy (non-hydrogen) atoms. The number of hydrogen-bond donors (Lipinski definition) is 1. The molecule has 2 N–H and O–H groups in total. The molecule has 0 radical (unpaired) electrons. The zero-order valence-electron chi connectivity index (χ0n) is 12.6. The molecule has 6 nitrogen and oxygen atoms in total. The lowest BCUT2D eigenvalue weighted by atomic mass is 10.1. The number of carbonyl (C=O) groups excluding carboxylic acids is 1. The molecule has 1 aromatic heterocycles. The van der Waals surface area contributed by atoms with E-state index in [4.69, 9.17) is 5.73 Å². The first-order valence-electron chi connectivity index (χ1n) is 7.32. The van der Waals surface area contributed by atoms with Crippen LogP contribution in [0, 0.1) is 0 Å². The number of benzene rings is 1. The molecular formula is C16H19N5O. The number of nitrogen functional groups attached to an aromatic ring is 1. The van der Waals surface area contributed by atoms with E-state index in [1.807, 2.05) is 29.2 Å². The highest BCUT2D eigenvalue weighted by molar-refractivity contribution is 5.75. The van der Waals surface area contributed by atoms with Gasteiger partial charge in [-0.2, -0.15) is 0 Å². The average molecular weight is 297 g/mol. The van der Waals surface area contributed by atoms with Crippen molar-refractivity contribution in [3.8, 4) is 11.3 Å². The summed E-state index contributed by atoms with van der Waals surface area (Å²) in [5.74, 6) is 0.980. The molecule has 1 aliphatic heterocycles. The number of nitrogens with zero attached hydrogens (tertiary/aromatic N) is 4. The molecular weight excluding hydrogens is 278 g/mol. The Morgan fingerprint density at radius 1 is 1.05 bits per heavy atom. The van der Waals surface area contributed by atoms with Crippen LogP contribution >= 0.6 is 0 Å². The molecule has 0 atom stereocenters. The maximum Gasteiger partial charge on any atom is 0.219 e. The Morgan fingerprint density at radius 3 is 2.32 bits per heavy atom. The lowest BCUT2D eigenvalue weighted by Crippen LogP contribution is -2.48. The SMILES string of the molecule is CC(=O)N1CCN(c2nccnc2-c2ccc(N)cc2)CC1. The number of aromatic nitrogens is 2. The van der Waals surface area contributed by atoms with E-state index in [1.165, 1.54) is 0 Å². The topological polar surface area (TPSA) is 75.4 Å². The van der Waals surface area contributed by atoms with E-state index in [2.05, 4.69) is 14.9 Å². The summed E-state index contributed by atoms with van der Waals surface area (Å²) in [4.78, 5) is 24.4. The van der Waals surface area contributed by atoms with Crippen LogP contribution in [0.4, 0.5) is 11.5 Å². The summed E-state index contributed by atoms with van der Waals surface area (Å²) in [5.41, 5.74) is 8.31. The van der Waals surface area contributed by atoms with Crippen molar-refractivity contribution in [3.05, 3.63) is 36.7 Å². The van der Waals surface area contributed by atoms with E-state index in [0.717, 1.165) is 35.9 Å². The third kappa shape index (κ3) is 2.86. The largest absolute Gasteiger partial charge is 0.399 e. The molecule has 0 spiro atoms. The smallest absolute Gasteiger partial charge is 0.219 e. The molecule has 1 saturated heterocycles.